The molecular formula is C36H24F4Si. The summed E-state index contributed by atoms with van der Waals surface area (Å²) >= 11 is 0. The lowest BCUT2D eigenvalue weighted by molar-refractivity contribution is 0.589. The minimum absolute atomic E-state index is 0.00323. The third kappa shape index (κ3) is 4.68. The van der Waals surface area contributed by atoms with Crippen LogP contribution in [0.2, 0.25) is 0 Å². The van der Waals surface area contributed by atoms with Crippen molar-refractivity contribution in [2.45, 2.75) is 0 Å². The van der Waals surface area contributed by atoms with Gasteiger partial charge in [0.2, 0.25) is 0 Å². The van der Waals surface area contributed by atoms with Gasteiger partial charge in [-0.1, -0.05) is 121 Å². The number of hydrogen-bond acceptors (Lipinski definition) is 0. The van der Waals surface area contributed by atoms with Gasteiger partial charge in [0.1, 0.15) is 23.3 Å². The Labute approximate surface area is 237 Å². The zero-order valence-electron chi connectivity index (χ0n) is 21.9. The molecule has 0 heterocycles. The van der Waals surface area contributed by atoms with E-state index in [9.17, 15) is 8.78 Å². The van der Waals surface area contributed by atoms with Gasteiger partial charge < -0.3 is 0 Å². The van der Waals surface area contributed by atoms with Crippen molar-refractivity contribution < 1.29 is 17.6 Å². The smallest absolute Gasteiger partial charge is 0.186 e. The first-order valence-corrected chi connectivity index (χ1v) is 15.2. The van der Waals surface area contributed by atoms with Crippen LogP contribution in [-0.2, 0) is 0 Å². The van der Waals surface area contributed by atoms with Crippen LogP contribution in [0.15, 0.2) is 146 Å². The molecule has 0 aliphatic rings. The Balaban J connectivity index is 1.64. The molecule has 0 saturated carbocycles. The van der Waals surface area contributed by atoms with Crippen molar-refractivity contribution in [3.63, 3.8) is 0 Å². The van der Waals surface area contributed by atoms with E-state index in [4.69, 9.17) is 0 Å². The van der Waals surface area contributed by atoms with Crippen molar-refractivity contribution in [3.8, 4) is 22.3 Å². The molecular weight excluding hydrogens is 536 g/mol. The van der Waals surface area contributed by atoms with Crippen LogP contribution in [0.3, 0.4) is 0 Å². The van der Waals surface area contributed by atoms with Gasteiger partial charge in [-0.15, -0.1) is 0 Å². The molecule has 6 rings (SSSR count). The third-order valence-electron chi connectivity index (χ3n) is 7.54. The summed E-state index contributed by atoms with van der Waals surface area (Å²) in [6.07, 6.45) is 0. The Morgan fingerprint density at radius 3 is 1.22 bits per heavy atom. The maximum Gasteiger partial charge on any atom is 0.186 e. The van der Waals surface area contributed by atoms with E-state index in [1.54, 1.807) is 24.3 Å². The number of hydrogen-bond donors (Lipinski definition) is 0. The first-order chi connectivity index (χ1) is 20.0. The predicted octanol–water partition coefficient (Wildman–Crippen LogP) is 6.95. The summed E-state index contributed by atoms with van der Waals surface area (Å²) in [5.74, 6) is -2.64. The van der Waals surface area contributed by atoms with Gasteiger partial charge in [-0.2, -0.15) is 0 Å². The van der Waals surface area contributed by atoms with Crippen LogP contribution in [0.5, 0.6) is 0 Å². The molecule has 6 aromatic rings. The molecule has 0 N–H and O–H groups in total. The highest BCUT2D eigenvalue weighted by Gasteiger charge is 2.45. The Hall–Kier alpha value is -4.74. The Morgan fingerprint density at radius 2 is 0.707 bits per heavy atom. The van der Waals surface area contributed by atoms with Gasteiger partial charge in [0, 0.05) is 5.19 Å². The fourth-order valence-electron chi connectivity index (χ4n) is 5.68. The van der Waals surface area contributed by atoms with E-state index in [1.165, 1.54) is 36.4 Å². The molecule has 0 aromatic heterocycles. The van der Waals surface area contributed by atoms with Crippen molar-refractivity contribution in [1.82, 2.24) is 0 Å². The van der Waals surface area contributed by atoms with E-state index in [1.807, 2.05) is 84.9 Å². The summed E-state index contributed by atoms with van der Waals surface area (Å²) in [7, 11) is -3.60. The third-order valence-corrected chi connectivity index (χ3v) is 12.4. The van der Waals surface area contributed by atoms with Gasteiger partial charge in [0.05, 0.1) is 5.56 Å². The monoisotopic (exact) mass is 560 g/mol. The highest BCUT2D eigenvalue weighted by Crippen LogP contribution is 2.26. The molecule has 6 aromatic carbocycles. The van der Waals surface area contributed by atoms with Crippen molar-refractivity contribution in [2.75, 3.05) is 0 Å². The van der Waals surface area contributed by atoms with Crippen molar-refractivity contribution in [2.24, 2.45) is 0 Å². The maximum absolute atomic E-state index is 15.9. The fraction of sp³-hybridized carbons (Fsp3) is 0. The van der Waals surface area contributed by atoms with Crippen LogP contribution in [0.4, 0.5) is 17.6 Å². The molecule has 5 heteroatoms. The van der Waals surface area contributed by atoms with Gasteiger partial charge >= 0.3 is 0 Å². The zero-order chi connectivity index (χ0) is 28.4. The van der Waals surface area contributed by atoms with E-state index in [0.717, 1.165) is 21.5 Å². The summed E-state index contributed by atoms with van der Waals surface area (Å²) in [6.45, 7) is 0. The standard InChI is InChI=1S/C36H24F4Si/c37-31-13-7-14-32(38)35(31)27-19-23-30(24-20-27)41(28-11-5-2-6-12-28,36-33(39)15-8-16-34(36)40)29-21-17-26(18-22-29)25-9-3-1-4-10-25/h1-24H. The second-order valence-electron chi connectivity index (χ2n) is 9.83. The summed E-state index contributed by atoms with van der Waals surface area (Å²) in [6, 6.07) is 41.5. The quantitative estimate of drug-likeness (QED) is 0.117. The number of benzene rings is 6. The van der Waals surface area contributed by atoms with Crippen molar-refractivity contribution in [3.05, 3.63) is 169 Å². The Bertz CT molecular complexity index is 1760. The second-order valence-corrected chi connectivity index (χ2v) is 13.6. The Kier molecular flexibility index (Phi) is 7.12. The van der Waals surface area contributed by atoms with Crippen LogP contribution in [0.25, 0.3) is 22.3 Å². The van der Waals surface area contributed by atoms with Gasteiger partial charge in [0.15, 0.2) is 8.07 Å². The largest absolute Gasteiger partial charge is 0.207 e. The highest BCUT2D eigenvalue weighted by molar-refractivity contribution is 7.20. The van der Waals surface area contributed by atoms with Crippen LogP contribution >= 0.6 is 0 Å². The molecule has 41 heavy (non-hydrogen) atoms. The second kappa shape index (κ2) is 11.0. The van der Waals surface area contributed by atoms with Gasteiger partial charge in [-0.25, -0.2) is 17.6 Å². The molecule has 0 bridgehead atoms. The molecule has 0 radical (unpaired) electrons. The zero-order valence-corrected chi connectivity index (χ0v) is 22.9. The van der Waals surface area contributed by atoms with Crippen LogP contribution < -0.4 is 20.7 Å². The van der Waals surface area contributed by atoms with E-state index < -0.39 is 31.3 Å². The molecule has 1 unspecified atom stereocenters. The van der Waals surface area contributed by atoms with Gasteiger partial charge in [-0.05, 0) is 56.5 Å². The molecule has 1 atom stereocenters. The summed E-state index contributed by atoms with van der Waals surface area (Å²) in [4.78, 5) is 0. The molecule has 0 spiro atoms. The number of halogens is 4. The molecule has 0 aliphatic carbocycles. The molecule has 0 nitrogen and oxygen atoms in total. The lowest BCUT2D eigenvalue weighted by atomic mass is 10.0. The average Bonchev–Trinajstić information content (AvgIpc) is 3.01. The van der Waals surface area contributed by atoms with Gasteiger partial charge in [0.25, 0.3) is 0 Å². The average molecular weight is 561 g/mol. The summed E-state index contributed by atoms with van der Waals surface area (Å²) in [5, 5.41) is 2.24. The minimum Gasteiger partial charge on any atom is -0.207 e. The molecule has 0 aliphatic heterocycles. The Morgan fingerprint density at radius 1 is 0.317 bits per heavy atom. The predicted molar refractivity (Wildman–Crippen MR) is 161 cm³/mol. The SMILES string of the molecule is Fc1cccc(F)c1-c1ccc([Si](c2ccccc2)(c2ccc(-c3ccccc3)cc2)c2c(F)cccc2F)cc1. The first-order valence-electron chi connectivity index (χ1n) is 13.2. The van der Waals surface area contributed by atoms with E-state index in [2.05, 4.69) is 0 Å². The summed E-state index contributed by atoms with van der Waals surface area (Å²) in [5.41, 5.74) is 2.20. The lowest BCUT2D eigenvalue weighted by Gasteiger charge is -2.35. The van der Waals surface area contributed by atoms with Crippen LogP contribution in [-0.4, -0.2) is 8.07 Å². The lowest BCUT2D eigenvalue weighted by Crippen LogP contribution is -2.76. The molecule has 0 saturated heterocycles. The van der Waals surface area contributed by atoms with Crippen LogP contribution in [0, 0.1) is 23.3 Å². The van der Waals surface area contributed by atoms with E-state index in [0.29, 0.717) is 10.8 Å². The first kappa shape index (κ1) is 26.5. The van der Waals surface area contributed by atoms with E-state index in [-0.39, 0.29) is 10.8 Å². The van der Waals surface area contributed by atoms with Crippen LogP contribution in [0.1, 0.15) is 0 Å². The normalized spacial score (nSPS) is 12.6. The number of rotatable bonds is 6. The van der Waals surface area contributed by atoms with E-state index >= 15 is 8.78 Å². The van der Waals surface area contributed by atoms with Gasteiger partial charge in [-0.3, -0.25) is 0 Å². The maximum atomic E-state index is 15.9. The highest BCUT2D eigenvalue weighted by atomic mass is 28.3. The van der Waals surface area contributed by atoms with Crippen molar-refractivity contribution >= 4 is 28.8 Å². The minimum atomic E-state index is -3.60. The molecule has 0 fully saturated rings. The molecule has 200 valence electrons. The topological polar surface area (TPSA) is 0 Å². The molecule has 0 amide bonds. The fourth-order valence-corrected chi connectivity index (χ4v) is 10.5. The van der Waals surface area contributed by atoms with Crippen molar-refractivity contribution in [1.29, 1.82) is 0 Å². The summed E-state index contributed by atoms with van der Waals surface area (Å²) < 4.78 is 61.0.